The Labute approximate surface area is 146 Å². The number of hydrogen-bond acceptors (Lipinski definition) is 4. The number of carbonyl (C=O) groups is 2. The Balaban J connectivity index is 1.84. The first kappa shape index (κ1) is 17.2. The fraction of sp³-hybridized carbons (Fsp3) is 0.500. The van der Waals surface area contributed by atoms with Crippen molar-refractivity contribution in [2.75, 3.05) is 10.1 Å². The molecule has 1 aliphatic carbocycles. The molecule has 2 amide bonds. The SMILES string of the molecule is C[C@@H]1CS(=O)(=O)N(c2ccc(C(=O)NC3CCCC3)c(Cl)c2)C1=O. The molecule has 2 aliphatic rings. The van der Waals surface area contributed by atoms with Crippen LogP contribution in [-0.4, -0.2) is 32.0 Å². The molecule has 8 heteroatoms. The van der Waals surface area contributed by atoms with Crippen LogP contribution in [0.15, 0.2) is 18.2 Å². The largest absolute Gasteiger partial charge is 0.349 e. The van der Waals surface area contributed by atoms with Crippen LogP contribution in [0.2, 0.25) is 5.02 Å². The summed E-state index contributed by atoms with van der Waals surface area (Å²) in [5, 5.41) is 3.07. The summed E-state index contributed by atoms with van der Waals surface area (Å²) in [5.41, 5.74) is 0.455. The highest BCUT2D eigenvalue weighted by Crippen LogP contribution is 2.31. The number of nitrogens with zero attached hydrogens (tertiary/aromatic N) is 1. The van der Waals surface area contributed by atoms with Crippen molar-refractivity contribution in [2.24, 2.45) is 5.92 Å². The Morgan fingerprint density at radius 1 is 1.29 bits per heavy atom. The number of amides is 2. The first-order valence-corrected chi connectivity index (χ1v) is 9.95. The van der Waals surface area contributed by atoms with E-state index in [1.807, 2.05) is 0 Å². The summed E-state index contributed by atoms with van der Waals surface area (Å²) in [6.45, 7) is 1.57. The van der Waals surface area contributed by atoms with Crippen LogP contribution in [0.5, 0.6) is 0 Å². The van der Waals surface area contributed by atoms with E-state index >= 15 is 0 Å². The highest BCUT2D eigenvalue weighted by molar-refractivity contribution is 7.94. The summed E-state index contributed by atoms with van der Waals surface area (Å²) in [5.74, 6) is -1.55. The van der Waals surface area contributed by atoms with E-state index in [1.54, 1.807) is 6.92 Å². The van der Waals surface area contributed by atoms with E-state index in [2.05, 4.69) is 5.32 Å². The van der Waals surface area contributed by atoms with E-state index in [4.69, 9.17) is 11.6 Å². The van der Waals surface area contributed by atoms with Gasteiger partial charge in [-0.15, -0.1) is 0 Å². The second kappa shape index (κ2) is 6.37. The lowest BCUT2D eigenvalue weighted by molar-refractivity contribution is -0.119. The van der Waals surface area contributed by atoms with Gasteiger partial charge in [0.25, 0.3) is 5.91 Å². The first-order chi connectivity index (χ1) is 11.3. The van der Waals surface area contributed by atoms with Crippen LogP contribution in [0.4, 0.5) is 5.69 Å². The van der Waals surface area contributed by atoms with E-state index in [-0.39, 0.29) is 34.0 Å². The number of carbonyl (C=O) groups excluding carboxylic acids is 2. The Morgan fingerprint density at radius 3 is 2.50 bits per heavy atom. The van der Waals surface area contributed by atoms with Crippen molar-refractivity contribution >= 4 is 39.1 Å². The fourth-order valence-corrected chi connectivity index (χ4v) is 5.31. The Bertz CT molecular complexity index is 787. The van der Waals surface area contributed by atoms with Crippen LogP contribution in [0.25, 0.3) is 0 Å². The van der Waals surface area contributed by atoms with E-state index in [0.717, 1.165) is 30.0 Å². The van der Waals surface area contributed by atoms with E-state index < -0.39 is 21.8 Å². The minimum atomic E-state index is -3.68. The Morgan fingerprint density at radius 2 is 1.96 bits per heavy atom. The fourth-order valence-electron chi connectivity index (χ4n) is 3.23. The zero-order valence-corrected chi connectivity index (χ0v) is 14.9. The topological polar surface area (TPSA) is 83.6 Å². The first-order valence-electron chi connectivity index (χ1n) is 7.97. The zero-order chi connectivity index (χ0) is 17.5. The molecule has 6 nitrogen and oxygen atoms in total. The quantitative estimate of drug-likeness (QED) is 0.885. The molecule has 0 unspecified atom stereocenters. The summed E-state index contributed by atoms with van der Waals surface area (Å²) in [6.07, 6.45) is 4.12. The highest BCUT2D eigenvalue weighted by atomic mass is 35.5. The highest BCUT2D eigenvalue weighted by Gasteiger charge is 2.42. The third-order valence-corrected chi connectivity index (χ3v) is 6.66. The van der Waals surface area contributed by atoms with Gasteiger partial charge in [-0.1, -0.05) is 31.4 Å². The Kier molecular flexibility index (Phi) is 4.57. The van der Waals surface area contributed by atoms with Crippen molar-refractivity contribution in [2.45, 2.75) is 38.6 Å². The van der Waals surface area contributed by atoms with Crippen LogP contribution < -0.4 is 9.62 Å². The molecule has 1 aromatic rings. The molecule has 0 aromatic heterocycles. The van der Waals surface area contributed by atoms with Crippen LogP contribution in [0.1, 0.15) is 43.0 Å². The molecule has 0 spiro atoms. The third kappa shape index (κ3) is 3.15. The molecular weight excluding hydrogens is 352 g/mol. The lowest BCUT2D eigenvalue weighted by Gasteiger charge is -2.17. The number of hydrogen-bond donors (Lipinski definition) is 1. The van der Waals surface area contributed by atoms with E-state index in [0.29, 0.717) is 0 Å². The third-order valence-electron chi connectivity index (χ3n) is 4.48. The number of nitrogens with one attached hydrogen (secondary N) is 1. The normalized spacial score (nSPS) is 23.7. The average molecular weight is 371 g/mol. The second-order valence-electron chi connectivity index (χ2n) is 6.40. The molecule has 3 rings (SSSR count). The minimum Gasteiger partial charge on any atom is -0.349 e. The maximum atomic E-state index is 12.3. The smallest absolute Gasteiger partial charge is 0.253 e. The molecule has 1 N–H and O–H groups in total. The number of sulfonamides is 1. The van der Waals surface area contributed by atoms with Gasteiger partial charge in [0, 0.05) is 6.04 Å². The molecular formula is C16H19ClN2O4S. The van der Waals surface area contributed by atoms with Gasteiger partial charge >= 0.3 is 0 Å². The monoisotopic (exact) mass is 370 g/mol. The molecule has 2 fully saturated rings. The van der Waals surface area contributed by atoms with Gasteiger partial charge in [0.2, 0.25) is 15.9 Å². The lowest BCUT2D eigenvalue weighted by atomic mass is 10.1. The van der Waals surface area contributed by atoms with Crippen molar-refractivity contribution in [3.63, 3.8) is 0 Å². The van der Waals surface area contributed by atoms with Crippen LogP contribution in [0.3, 0.4) is 0 Å². The predicted molar refractivity (Wildman–Crippen MR) is 91.6 cm³/mol. The van der Waals surface area contributed by atoms with Gasteiger partial charge < -0.3 is 5.32 Å². The Hall–Kier alpha value is -1.60. The van der Waals surface area contributed by atoms with Gasteiger partial charge in [-0.25, -0.2) is 12.7 Å². The maximum Gasteiger partial charge on any atom is 0.253 e. The summed E-state index contributed by atoms with van der Waals surface area (Å²) in [4.78, 5) is 24.4. The van der Waals surface area contributed by atoms with Crippen LogP contribution in [-0.2, 0) is 14.8 Å². The van der Waals surface area contributed by atoms with Gasteiger partial charge in [-0.3, -0.25) is 9.59 Å². The summed E-state index contributed by atoms with van der Waals surface area (Å²) in [7, 11) is -3.68. The zero-order valence-electron chi connectivity index (χ0n) is 13.3. The molecule has 1 heterocycles. The van der Waals surface area contributed by atoms with Gasteiger partial charge in [0.15, 0.2) is 0 Å². The van der Waals surface area contributed by atoms with Gasteiger partial charge in [0.1, 0.15) is 0 Å². The standard InChI is InChI=1S/C16H19ClN2O4S/c1-10-9-24(22,23)19(16(10)21)12-6-7-13(14(17)8-12)15(20)18-11-4-2-3-5-11/h6-8,10-11H,2-5,9H2,1H3,(H,18,20)/t10-/m1/s1. The molecule has 1 atom stereocenters. The van der Waals surface area contributed by atoms with E-state index in [9.17, 15) is 18.0 Å². The lowest BCUT2D eigenvalue weighted by Crippen LogP contribution is -2.33. The number of halogens is 1. The molecule has 1 aliphatic heterocycles. The van der Waals surface area contributed by atoms with Crippen molar-refractivity contribution in [3.8, 4) is 0 Å². The van der Waals surface area contributed by atoms with Crippen molar-refractivity contribution < 1.29 is 18.0 Å². The van der Waals surface area contributed by atoms with Crippen molar-refractivity contribution in [1.29, 1.82) is 0 Å². The van der Waals surface area contributed by atoms with Gasteiger partial charge in [0.05, 0.1) is 27.9 Å². The average Bonchev–Trinajstić information content (AvgIpc) is 3.05. The summed E-state index contributed by atoms with van der Waals surface area (Å²) >= 11 is 6.17. The van der Waals surface area contributed by atoms with Crippen molar-refractivity contribution in [3.05, 3.63) is 28.8 Å². The predicted octanol–water partition coefficient (Wildman–Crippen LogP) is 2.32. The summed E-state index contributed by atoms with van der Waals surface area (Å²) in [6, 6.07) is 4.43. The molecule has 0 radical (unpaired) electrons. The molecule has 130 valence electrons. The molecule has 1 saturated heterocycles. The second-order valence-corrected chi connectivity index (χ2v) is 8.67. The maximum absolute atomic E-state index is 12.3. The van der Waals surface area contributed by atoms with Crippen molar-refractivity contribution in [1.82, 2.24) is 5.32 Å². The van der Waals surface area contributed by atoms with Gasteiger partial charge in [-0.05, 0) is 31.0 Å². The molecule has 24 heavy (non-hydrogen) atoms. The molecule has 1 aromatic carbocycles. The number of benzene rings is 1. The molecule has 0 bridgehead atoms. The number of anilines is 1. The van der Waals surface area contributed by atoms with Crippen LogP contribution >= 0.6 is 11.6 Å². The number of rotatable bonds is 3. The summed E-state index contributed by atoms with van der Waals surface area (Å²) < 4.78 is 25.0. The minimum absolute atomic E-state index is 0.130. The van der Waals surface area contributed by atoms with Gasteiger partial charge in [-0.2, -0.15) is 0 Å². The molecule has 1 saturated carbocycles. The van der Waals surface area contributed by atoms with Crippen LogP contribution in [0, 0.1) is 5.92 Å². The van der Waals surface area contributed by atoms with E-state index in [1.165, 1.54) is 18.2 Å².